The van der Waals surface area contributed by atoms with Crippen LogP contribution in [0.4, 0.5) is 0 Å². The molecule has 0 saturated carbocycles. The van der Waals surface area contributed by atoms with Crippen LogP contribution in [0.25, 0.3) is 11.5 Å². The van der Waals surface area contributed by atoms with Crippen LogP contribution in [0, 0.1) is 12.3 Å². The molecular formula is C14H17N3O3. The Hall–Kier alpha value is -2.24. The van der Waals surface area contributed by atoms with Crippen LogP contribution in [0.2, 0.25) is 0 Å². The second-order valence-electron chi connectivity index (χ2n) is 5.66. The lowest BCUT2D eigenvalue weighted by Crippen LogP contribution is -2.19. The van der Waals surface area contributed by atoms with Crippen LogP contribution in [-0.2, 0) is 11.2 Å². The van der Waals surface area contributed by atoms with Gasteiger partial charge >= 0.3 is 5.97 Å². The van der Waals surface area contributed by atoms with Gasteiger partial charge in [-0.05, 0) is 24.0 Å². The molecule has 0 aliphatic heterocycles. The van der Waals surface area contributed by atoms with Crippen molar-refractivity contribution >= 4 is 5.97 Å². The van der Waals surface area contributed by atoms with Crippen molar-refractivity contribution in [3.8, 4) is 11.5 Å². The van der Waals surface area contributed by atoms with E-state index in [1.807, 2.05) is 26.8 Å². The summed E-state index contributed by atoms with van der Waals surface area (Å²) in [6.45, 7) is 5.65. The Bertz CT molecular complexity index is 620. The van der Waals surface area contributed by atoms with Gasteiger partial charge in [0.2, 0.25) is 11.8 Å². The van der Waals surface area contributed by atoms with Gasteiger partial charge in [0, 0.05) is 18.8 Å². The van der Waals surface area contributed by atoms with Crippen molar-refractivity contribution < 1.29 is 14.3 Å². The highest BCUT2D eigenvalue weighted by molar-refractivity contribution is 5.67. The summed E-state index contributed by atoms with van der Waals surface area (Å²) in [6, 6.07) is 1.91. The number of rotatable bonds is 5. The van der Waals surface area contributed by atoms with Gasteiger partial charge in [0.1, 0.15) is 0 Å². The van der Waals surface area contributed by atoms with Gasteiger partial charge in [-0.3, -0.25) is 9.78 Å². The third-order valence-electron chi connectivity index (χ3n) is 2.85. The Morgan fingerprint density at radius 3 is 2.75 bits per heavy atom. The molecule has 106 valence electrons. The first-order chi connectivity index (χ1) is 9.35. The molecule has 6 nitrogen and oxygen atoms in total. The summed E-state index contributed by atoms with van der Waals surface area (Å²) >= 11 is 0. The van der Waals surface area contributed by atoms with Gasteiger partial charge in [0.15, 0.2) is 0 Å². The monoisotopic (exact) mass is 275 g/mol. The molecule has 2 aromatic rings. The van der Waals surface area contributed by atoms with Gasteiger partial charge in [0.25, 0.3) is 0 Å². The number of hydrogen-bond donors (Lipinski definition) is 1. The molecule has 0 aliphatic rings. The molecule has 0 atom stereocenters. The molecule has 2 aromatic heterocycles. The quantitative estimate of drug-likeness (QED) is 0.901. The lowest BCUT2D eigenvalue weighted by Gasteiger charge is -2.19. The molecule has 0 amide bonds. The van der Waals surface area contributed by atoms with Crippen molar-refractivity contribution in [3.05, 3.63) is 29.9 Å². The van der Waals surface area contributed by atoms with Crippen molar-refractivity contribution in [2.45, 2.75) is 33.6 Å². The molecule has 0 fully saturated rings. The van der Waals surface area contributed by atoms with Crippen LogP contribution < -0.4 is 0 Å². The third kappa shape index (κ3) is 3.63. The summed E-state index contributed by atoms with van der Waals surface area (Å²) in [5, 5.41) is 16.8. The summed E-state index contributed by atoms with van der Waals surface area (Å²) in [6.07, 6.45) is 3.88. The van der Waals surface area contributed by atoms with E-state index < -0.39 is 11.4 Å². The largest absolute Gasteiger partial charge is 0.481 e. The minimum absolute atomic E-state index is 0.0523. The fraction of sp³-hybridized carbons (Fsp3) is 0.429. The predicted molar refractivity (Wildman–Crippen MR) is 72.0 cm³/mol. The van der Waals surface area contributed by atoms with E-state index in [2.05, 4.69) is 15.2 Å². The predicted octanol–water partition coefficient (Wildman–Crippen LogP) is 2.48. The summed E-state index contributed by atoms with van der Waals surface area (Å²) in [7, 11) is 0. The molecule has 0 saturated heterocycles. The summed E-state index contributed by atoms with van der Waals surface area (Å²) in [5.41, 5.74) is 1.34. The third-order valence-corrected chi connectivity index (χ3v) is 2.85. The van der Waals surface area contributed by atoms with Gasteiger partial charge < -0.3 is 9.52 Å². The smallest absolute Gasteiger partial charge is 0.303 e. The Kier molecular flexibility index (Phi) is 3.83. The summed E-state index contributed by atoms with van der Waals surface area (Å²) in [4.78, 5) is 14.9. The SMILES string of the molecule is Cc1cncc(-c2nnc(CC(C)(C)CC(=O)O)o2)c1. The molecule has 6 heteroatoms. The molecular weight excluding hydrogens is 258 g/mol. The first kappa shape index (κ1) is 14.2. The first-order valence-corrected chi connectivity index (χ1v) is 6.32. The van der Waals surface area contributed by atoms with Crippen molar-refractivity contribution in [1.29, 1.82) is 0 Å². The standard InChI is InChI=1S/C14H17N3O3/c1-9-4-10(8-15-7-9)13-17-16-11(20-13)5-14(2,3)6-12(18)19/h4,7-8H,5-6H2,1-3H3,(H,18,19). The van der Waals surface area contributed by atoms with Crippen molar-refractivity contribution in [1.82, 2.24) is 15.2 Å². The van der Waals surface area contributed by atoms with Gasteiger partial charge in [-0.15, -0.1) is 10.2 Å². The fourth-order valence-electron chi connectivity index (χ4n) is 1.99. The number of carboxylic acid groups (broad SMARTS) is 1. The van der Waals surface area contributed by atoms with Crippen molar-refractivity contribution in [3.63, 3.8) is 0 Å². The van der Waals surface area contributed by atoms with Crippen molar-refractivity contribution in [2.24, 2.45) is 5.41 Å². The number of aromatic nitrogens is 3. The molecule has 2 rings (SSSR count). The maximum Gasteiger partial charge on any atom is 0.303 e. The molecule has 0 aromatic carbocycles. The van der Waals surface area contributed by atoms with Gasteiger partial charge in [0.05, 0.1) is 12.0 Å². The fourth-order valence-corrected chi connectivity index (χ4v) is 1.99. The minimum Gasteiger partial charge on any atom is -0.481 e. The topological polar surface area (TPSA) is 89.1 Å². The van der Waals surface area contributed by atoms with E-state index in [4.69, 9.17) is 9.52 Å². The van der Waals surface area contributed by atoms with Crippen LogP contribution in [0.15, 0.2) is 22.9 Å². The maximum absolute atomic E-state index is 10.8. The molecule has 0 spiro atoms. The number of carboxylic acids is 1. The average Bonchev–Trinajstić information content (AvgIpc) is 2.74. The Balaban J connectivity index is 2.15. The molecule has 20 heavy (non-hydrogen) atoms. The van der Waals surface area contributed by atoms with Gasteiger partial charge in [-0.1, -0.05) is 13.8 Å². The number of nitrogens with zero attached hydrogens (tertiary/aromatic N) is 3. The zero-order chi connectivity index (χ0) is 14.8. The van der Waals surface area contributed by atoms with Gasteiger partial charge in [-0.2, -0.15) is 0 Å². The van der Waals surface area contributed by atoms with E-state index in [0.29, 0.717) is 18.2 Å². The minimum atomic E-state index is -0.836. The second-order valence-corrected chi connectivity index (χ2v) is 5.66. The van der Waals surface area contributed by atoms with E-state index in [1.54, 1.807) is 12.4 Å². The Morgan fingerprint density at radius 1 is 1.35 bits per heavy atom. The molecule has 0 unspecified atom stereocenters. The van der Waals surface area contributed by atoms with Crippen LogP contribution >= 0.6 is 0 Å². The Morgan fingerprint density at radius 2 is 2.10 bits per heavy atom. The van der Waals surface area contributed by atoms with Crippen LogP contribution in [-0.4, -0.2) is 26.3 Å². The highest BCUT2D eigenvalue weighted by Gasteiger charge is 2.25. The number of aliphatic carboxylic acids is 1. The lowest BCUT2D eigenvalue weighted by atomic mass is 9.86. The van der Waals surface area contributed by atoms with E-state index in [0.717, 1.165) is 11.1 Å². The molecule has 2 heterocycles. The zero-order valence-electron chi connectivity index (χ0n) is 11.8. The van der Waals surface area contributed by atoms with E-state index in [1.165, 1.54) is 0 Å². The summed E-state index contributed by atoms with van der Waals surface area (Å²) in [5.74, 6) is 0.00713. The normalized spacial score (nSPS) is 11.6. The zero-order valence-corrected chi connectivity index (χ0v) is 11.8. The highest BCUT2D eigenvalue weighted by atomic mass is 16.4. The van der Waals surface area contributed by atoms with Crippen LogP contribution in [0.3, 0.4) is 0 Å². The lowest BCUT2D eigenvalue weighted by molar-refractivity contribution is -0.139. The number of pyridine rings is 1. The first-order valence-electron chi connectivity index (χ1n) is 6.32. The molecule has 0 bridgehead atoms. The second kappa shape index (κ2) is 5.40. The van der Waals surface area contributed by atoms with Crippen molar-refractivity contribution in [2.75, 3.05) is 0 Å². The molecule has 0 radical (unpaired) electrons. The maximum atomic E-state index is 10.8. The molecule has 1 N–H and O–H groups in total. The van der Waals surface area contributed by atoms with Crippen LogP contribution in [0.5, 0.6) is 0 Å². The Labute approximate surface area is 116 Å². The molecule has 0 aliphatic carbocycles. The van der Waals surface area contributed by atoms with E-state index in [-0.39, 0.29) is 6.42 Å². The number of hydrogen-bond acceptors (Lipinski definition) is 5. The van der Waals surface area contributed by atoms with Gasteiger partial charge in [-0.25, -0.2) is 0 Å². The number of carbonyl (C=O) groups is 1. The van der Waals surface area contributed by atoms with E-state index >= 15 is 0 Å². The van der Waals surface area contributed by atoms with E-state index in [9.17, 15) is 4.79 Å². The average molecular weight is 275 g/mol. The highest BCUT2D eigenvalue weighted by Crippen LogP contribution is 2.27. The van der Waals surface area contributed by atoms with Crippen LogP contribution in [0.1, 0.15) is 31.7 Å². The summed E-state index contributed by atoms with van der Waals surface area (Å²) < 4.78 is 5.59. The number of aryl methyl sites for hydroxylation is 1.